The van der Waals surface area contributed by atoms with Gasteiger partial charge in [0.05, 0.1) is 16.5 Å². The van der Waals surface area contributed by atoms with Crippen molar-refractivity contribution in [3.8, 4) is 22.4 Å². The third kappa shape index (κ3) is 3.02. The number of hydrogen-bond acceptors (Lipinski definition) is 1. The summed E-state index contributed by atoms with van der Waals surface area (Å²) in [5, 5.41) is 2.53. The minimum atomic E-state index is 1.04. The highest BCUT2D eigenvalue weighted by Gasteiger charge is 2.21. The third-order valence-corrected chi connectivity index (χ3v) is 5.44. The molecule has 0 aliphatic heterocycles. The zero-order chi connectivity index (χ0) is 19.1. The van der Waals surface area contributed by atoms with Crippen LogP contribution in [0.15, 0.2) is 60.9 Å². The Bertz CT molecular complexity index is 1160. The topological polar surface area (TPSA) is 16.8 Å². The van der Waals surface area contributed by atoms with Crippen LogP contribution < -0.4 is 4.57 Å². The predicted molar refractivity (Wildman–Crippen MR) is 113 cm³/mol. The van der Waals surface area contributed by atoms with Crippen LogP contribution in [0.4, 0.5) is 0 Å². The summed E-state index contributed by atoms with van der Waals surface area (Å²) < 4.78 is 2.26. The molecule has 0 bridgehead atoms. The van der Waals surface area contributed by atoms with Crippen LogP contribution in [0, 0.1) is 27.7 Å². The van der Waals surface area contributed by atoms with Gasteiger partial charge in [-0.05, 0) is 57.0 Å². The summed E-state index contributed by atoms with van der Waals surface area (Å²) >= 11 is 0. The van der Waals surface area contributed by atoms with E-state index < -0.39 is 0 Å². The van der Waals surface area contributed by atoms with Gasteiger partial charge in [0.15, 0.2) is 6.20 Å². The summed E-state index contributed by atoms with van der Waals surface area (Å²) in [7, 11) is 2.14. The molecule has 0 spiro atoms. The minimum absolute atomic E-state index is 1.04. The van der Waals surface area contributed by atoms with Gasteiger partial charge in [0, 0.05) is 22.8 Å². The van der Waals surface area contributed by atoms with Gasteiger partial charge in [0.1, 0.15) is 7.05 Å². The van der Waals surface area contributed by atoms with Crippen molar-refractivity contribution in [2.24, 2.45) is 7.05 Å². The van der Waals surface area contributed by atoms with Crippen molar-refractivity contribution in [3.05, 3.63) is 83.3 Å². The van der Waals surface area contributed by atoms with Crippen LogP contribution in [0.25, 0.3) is 33.2 Å². The van der Waals surface area contributed by atoms with Crippen LogP contribution in [0.2, 0.25) is 0 Å². The highest BCUT2D eigenvalue weighted by atomic mass is 14.9. The third-order valence-electron chi connectivity index (χ3n) is 5.44. The van der Waals surface area contributed by atoms with Crippen LogP contribution in [0.5, 0.6) is 0 Å². The first-order valence-electron chi connectivity index (χ1n) is 9.38. The minimum Gasteiger partial charge on any atom is -0.261 e. The summed E-state index contributed by atoms with van der Waals surface area (Å²) in [5.74, 6) is 0. The SMILES string of the molecule is Cc1cc(C)c(C)c(-c2c3ccccc3c(-c3ccc(C)nc3)c[n+]2C)c1. The average molecular weight is 353 g/mol. The normalized spacial score (nSPS) is 11.1. The fraction of sp³-hybridized carbons (Fsp3) is 0.200. The molecule has 27 heavy (non-hydrogen) atoms. The Morgan fingerprint density at radius 3 is 2.26 bits per heavy atom. The van der Waals surface area contributed by atoms with Crippen LogP contribution in [0.3, 0.4) is 0 Å². The Morgan fingerprint density at radius 1 is 0.815 bits per heavy atom. The Balaban J connectivity index is 2.07. The number of nitrogens with zero attached hydrogens (tertiary/aromatic N) is 2. The quantitative estimate of drug-likeness (QED) is 0.427. The molecule has 0 radical (unpaired) electrons. The molecule has 2 aromatic carbocycles. The summed E-state index contributed by atoms with van der Waals surface area (Å²) in [5.41, 5.74) is 9.94. The summed E-state index contributed by atoms with van der Waals surface area (Å²) in [6, 6.07) is 17.5. The predicted octanol–water partition coefficient (Wildman–Crippen LogP) is 5.63. The highest BCUT2D eigenvalue weighted by Crippen LogP contribution is 2.34. The smallest absolute Gasteiger partial charge is 0.220 e. The van der Waals surface area contributed by atoms with E-state index in [-0.39, 0.29) is 0 Å². The van der Waals surface area contributed by atoms with E-state index in [2.05, 4.69) is 92.1 Å². The number of rotatable bonds is 2. The molecule has 134 valence electrons. The molecule has 4 aromatic rings. The van der Waals surface area contributed by atoms with Crippen molar-refractivity contribution in [2.45, 2.75) is 27.7 Å². The van der Waals surface area contributed by atoms with Gasteiger partial charge in [-0.2, -0.15) is 4.57 Å². The molecule has 2 heterocycles. The maximum absolute atomic E-state index is 4.50. The molecule has 0 amide bonds. The van der Waals surface area contributed by atoms with Gasteiger partial charge in [-0.25, -0.2) is 0 Å². The lowest BCUT2D eigenvalue weighted by molar-refractivity contribution is -0.658. The molecular formula is C25H25N2+. The van der Waals surface area contributed by atoms with Crippen LogP contribution in [0.1, 0.15) is 22.4 Å². The molecule has 2 heteroatoms. The first-order chi connectivity index (χ1) is 13.0. The zero-order valence-corrected chi connectivity index (χ0v) is 16.7. The number of hydrogen-bond donors (Lipinski definition) is 0. The monoisotopic (exact) mass is 353 g/mol. The molecule has 0 saturated heterocycles. The lowest BCUT2D eigenvalue weighted by Crippen LogP contribution is -2.31. The molecule has 2 aromatic heterocycles. The summed E-state index contributed by atoms with van der Waals surface area (Å²) in [6.45, 7) is 8.61. The molecule has 0 fully saturated rings. The maximum Gasteiger partial charge on any atom is 0.220 e. The molecule has 0 N–H and O–H groups in total. The van der Waals surface area contributed by atoms with Gasteiger partial charge in [-0.15, -0.1) is 0 Å². The van der Waals surface area contributed by atoms with Crippen LogP contribution in [-0.4, -0.2) is 4.98 Å². The molecule has 0 unspecified atom stereocenters. The van der Waals surface area contributed by atoms with E-state index in [4.69, 9.17) is 0 Å². The van der Waals surface area contributed by atoms with E-state index in [9.17, 15) is 0 Å². The second-order valence-electron chi connectivity index (χ2n) is 7.49. The summed E-state index contributed by atoms with van der Waals surface area (Å²) in [4.78, 5) is 4.50. The fourth-order valence-corrected chi connectivity index (χ4v) is 3.92. The van der Waals surface area contributed by atoms with Crippen molar-refractivity contribution < 1.29 is 4.57 Å². The van der Waals surface area contributed by atoms with Gasteiger partial charge in [0.2, 0.25) is 5.69 Å². The second kappa shape index (κ2) is 6.62. The van der Waals surface area contributed by atoms with Gasteiger partial charge in [-0.1, -0.05) is 35.9 Å². The first kappa shape index (κ1) is 17.4. The number of aromatic nitrogens is 2. The Hall–Kier alpha value is -3.00. The van der Waals surface area contributed by atoms with E-state index in [0.29, 0.717) is 0 Å². The lowest BCUT2D eigenvalue weighted by atomic mass is 9.92. The van der Waals surface area contributed by atoms with Gasteiger partial charge in [-0.3, -0.25) is 4.98 Å². The van der Waals surface area contributed by atoms with E-state index >= 15 is 0 Å². The number of benzene rings is 2. The standard InChI is InChI=1S/C25H25N2/c1-16-12-17(2)19(4)23(13-16)25-22-9-7-6-8-21(22)24(15-27(25)5)20-11-10-18(3)26-14-20/h6-15H,1-5H3/q+1. The van der Waals surface area contributed by atoms with Crippen molar-refractivity contribution in [2.75, 3.05) is 0 Å². The van der Waals surface area contributed by atoms with E-state index in [1.54, 1.807) is 0 Å². The molecule has 0 aliphatic carbocycles. The van der Waals surface area contributed by atoms with E-state index in [1.807, 2.05) is 13.1 Å². The van der Waals surface area contributed by atoms with Crippen molar-refractivity contribution in [1.29, 1.82) is 0 Å². The van der Waals surface area contributed by atoms with Crippen LogP contribution in [-0.2, 0) is 7.05 Å². The molecule has 0 saturated carbocycles. The highest BCUT2D eigenvalue weighted by molar-refractivity contribution is 6.02. The second-order valence-corrected chi connectivity index (χ2v) is 7.49. The average Bonchev–Trinajstić information content (AvgIpc) is 2.65. The summed E-state index contributed by atoms with van der Waals surface area (Å²) in [6.07, 6.45) is 4.21. The Kier molecular flexibility index (Phi) is 4.27. The number of fused-ring (bicyclic) bond motifs is 1. The first-order valence-corrected chi connectivity index (χ1v) is 9.38. The largest absolute Gasteiger partial charge is 0.261 e. The molecule has 0 aliphatic rings. The van der Waals surface area contributed by atoms with Crippen molar-refractivity contribution >= 4 is 10.8 Å². The molecule has 4 rings (SSSR count). The number of pyridine rings is 2. The lowest BCUT2D eigenvalue weighted by Gasteiger charge is -2.13. The van der Waals surface area contributed by atoms with Gasteiger partial charge in [0.25, 0.3) is 0 Å². The zero-order valence-electron chi connectivity index (χ0n) is 16.7. The van der Waals surface area contributed by atoms with E-state index in [0.717, 1.165) is 11.3 Å². The van der Waals surface area contributed by atoms with Gasteiger partial charge < -0.3 is 0 Å². The molecular weight excluding hydrogens is 328 g/mol. The maximum atomic E-state index is 4.50. The van der Waals surface area contributed by atoms with Gasteiger partial charge >= 0.3 is 0 Å². The van der Waals surface area contributed by atoms with Crippen molar-refractivity contribution in [1.82, 2.24) is 4.98 Å². The fourth-order valence-electron chi connectivity index (χ4n) is 3.92. The van der Waals surface area contributed by atoms with E-state index in [1.165, 1.54) is 44.3 Å². The number of aryl methyl sites for hydroxylation is 4. The Morgan fingerprint density at radius 2 is 1.56 bits per heavy atom. The van der Waals surface area contributed by atoms with Crippen LogP contribution >= 0.6 is 0 Å². The van der Waals surface area contributed by atoms with Crippen molar-refractivity contribution in [3.63, 3.8) is 0 Å². The molecule has 2 nitrogen and oxygen atoms in total. The molecule has 0 atom stereocenters. The Labute approximate surface area is 161 Å².